The molecule has 0 saturated heterocycles. The molecular weight excluding hydrogens is 765 g/mol. The van der Waals surface area contributed by atoms with Crippen LogP contribution in [0.15, 0.2) is 121 Å². The minimum atomic E-state index is -2.70. The Hall–Kier alpha value is -4.09. The van der Waals surface area contributed by atoms with Crippen LogP contribution in [0.25, 0.3) is 0 Å². The highest BCUT2D eigenvalue weighted by Crippen LogP contribution is 2.66. The maximum atomic E-state index is 16.2. The molecule has 2 N–H and O–H groups in total. The molecule has 0 aliphatic heterocycles. The van der Waals surface area contributed by atoms with Gasteiger partial charge in [-0.3, -0.25) is 9.63 Å². The molecule has 1 unspecified atom stereocenters. The van der Waals surface area contributed by atoms with Crippen LogP contribution in [0.3, 0.4) is 0 Å². The van der Waals surface area contributed by atoms with Crippen molar-refractivity contribution in [2.75, 3.05) is 18.8 Å². The summed E-state index contributed by atoms with van der Waals surface area (Å²) in [6, 6.07) is 38.8. The number of thioether (sulfide) groups is 1. The number of nitrogens with two attached hydrogens (primary N) is 1. The predicted octanol–water partition coefficient (Wildman–Crippen LogP) is 9.94. The number of esters is 2. The normalized spacial score (nSPS) is 15.0. The number of thiol groups is 1. The number of hydrogen-bond acceptors (Lipinski definition) is 9. The van der Waals surface area contributed by atoms with Crippen LogP contribution in [0.4, 0.5) is 0 Å². The zero-order valence-electron chi connectivity index (χ0n) is 35.2. The van der Waals surface area contributed by atoms with E-state index in [9.17, 15) is 0 Å². The first-order valence-corrected chi connectivity index (χ1v) is 21.9. The van der Waals surface area contributed by atoms with Gasteiger partial charge in [0, 0.05) is 11.5 Å². The summed E-state index contributed by atoms with van der Waals surface area (Å²) in [6.45, 7) is 11.1. The zero-order chi connectivity index (χ0) is 42.5. The standard InChI is InChI=1S/C48H62N2O6S2/c1-8-10-23-35-55-50(41(51)33-32-37-24-15-11-16-25-37)48(42(52)54-7,43(53)56-44(3,4)5)45(6,46(49,34-9-2)58-36-57)47(38-26-17-12-18-27-38,39-28-19-13-20-29-39)40-30-21-14-22-31-40/h11-22,24-31,57H,8-10,23,32-36,49H2,1-7H3/t45-,46?,48+/m0/s1. The Bertz CT molecular complexity index is 1790. The van der Waals surface area contributed by atoms with Crippen molar-refractivity contribution in [3.05, 3.63) is 144 Å². The van der Waals surface area contributed by atoms with Crippen LogP contribution >= 0.6 is 24.4 Å². The minimum absolute atomic E-state index is 0.0304. The van der Waals surface area contributed by atoms with Gasteiger partial charge >= 0.3 is 11.9 Å². The fourth-order valence-electron chi connectivity index (χ4n) is 8.50. The molecule has 8 nitrogen and oxygen atoms in total. The molecule has 0 aliphatic rings. The Balaban J connectivity index is 2.39. The van der Waals surface area contributed by atoms with Gasteiger partial charge in [-0.25, -0.2) is 9.59 Å². The summed E-state index contributed by atoms with van der Waals surface area (Å²) in [7, 11) is 1.23. The molecule has 4 aromatic carbocycles. The Morgan fingerprint density at radius 2 is 1.19 bits per heavy atom. The number of rotatable bonds is 21. The van der Waals surface area contributed by atoms with Gasteiger partial charge in [0.2, 0.25) is 5.91 Å². The lowest BCUT2D eigenvalue weighted by atomic mass is 9.44. The smallest absolute Gasteiger partial charge is 0.347 e. The summed E-state index contributed by atoms with van der Waals surface area (Å²) in [5.74, 6) is -2.65. The summed E-state index contributed by atoms with van der Waals surface area (Å²) < 4.78 is 12.3. The first-order chi connectivity index (χ1) is 27.7. The second kappa shape index (κ2) is 20.7. The van der Waals surface area contributed by atoms with Gasteiger partial charge in [0.05, 0.1) is 29.4 Å². The van der Waals surface area contributed by atoms with Crippen molar-refractivity contribution in [2.45, 2.75) is 108 Å². The molecule has 0 spiro atoms. The molecule has 0 saturated carbocycles. The Morgan fingerprint density at radius 3 is 1.60 bits per heavy atom. The number of methoxy groups -OCH3 is 1. The second-order valence-corrected chi connectivity index (χ2v) is 17.9. The van der Waals surface area contributed by atoms with Crippen LogP contribution < -0.4 is 5.73 Å². The molecule has 0 aromatic heterocycles. The summed E-state index contributed by atoms with van der Waals surface area (Å²) >= 11 is 6.09. The van der Waals surface area contributed by atoms with E-state index in [4.69, 9.17) is 32.7 Å². The van der Waals surface area contributed by atoms with Gasteiger partial charge in [-0.15, -0.1) is 11.8 Å². The van der Waals surface area contributed by atoms with Crippen molar-refractivity contribution in [2.24, 2.45) is 11.1 Å². The van der Waals surface area contributed by atoms with E-state index >= 15 is 14.4 Å². The molecule has 0 aliphatic carbocycles. The van der Waals surface area contributed by atoms with Crippen molar-refractivity contribution < 1.29 is 28.7 Å². The second-order valence-electron chi connectivity index (χ2n) is 15.8. The van der Waals surface area contributed by atoms with E-state index < -0.39 is 44.7 Å². The van der Waals surface area contributed by atoms with Crippen LogP contribution in [0, 0.1) is 5.41 Å². The summed E-state index contributed by atoms with van der Waals surface area (Å²) in [4.78, 5) is 52.6. The highest BCUT2D eigenvalue weighted by Gasteiger charge is 2.80. The van der Waals surface area contributed by atoms with Crippen molar-refractivity contribution in [1.29, 1.82) is 0 Å². The maximum absolute atomic E-state index is 16.2. The van der Waals surface area contributed by atoms with Gasteiger partial charge in [-0.05, 0) is 62.3 Å². The summed E-state index contributed by atoms with van der Waals surface area (Å²) in [5, 5.41) is 1.23. The third-order valence-electron chi connectivity index (χ3n) is 11.0. The highest BCUT2D eigenvalue weighted by molar-refractivity contribution is 8.10. The predicted molar refractivity (Wildman–Crippen MR) is 238 cm³/mol. The first kappa shape index (κ1) is 46.6. The molecule has 312 valence electrons. The number of hydrogen-bond donors (Lipinski definition) is 2. The zero-order valence-corrected chi connectivity index (χ0v) is 37.0. The minimum Gasteiger partial charge on any atom is -0.467 e. The number of ether oxygens (including phenoxy) is 2. The van der Waals surface area contributed by atoms with Crippen molar-refractivity contribution >= 4 is 42.2 Å². The van der Waals surface area contributed by atoms with Crippen molar-refractivity contribution in [3.63, 3.8) is 0 Å². The van der Waals surface area contributed by atoms with E-state index in [1.54, 1.807) is 20.8 Å². The molecule has 3 atom stereocenters. The first-order valence-electron chi connectivity index (χ1n) is 20.3. The number of unbranched alkanes of at least 4 members (excludes halogenated alkanes) is 2. The van der Waals surface area contributed by atoms with Gasteiger partial charge < -0.3 is 15.2 Å². The third kappa shape index (κ3) is 9.20. The lowest BCUT2D eigenvalue weighted by molar-refractivity contribution is -0.264. The van der Waals surface area contributed by atoms with E-state index in [-0.39, 0.29) is 24.5 Å². The van der Waals surface area contributed by atoms with Gasteiger partial charge in [0.25, 0.3) is 5.54 Å². The molecule has 0 bridgehead atoms. The lowest BCUT2D eigenvalue weighted by Crippen LogP contribution is -2.82. The van der Waals surface area contributed by atoms with Gasteiger partial charge in [-0.1, -0.05) is 161 Å². The Morgan fingerprint density at radius 1 is 0.707 bits per heavy atom. The van der Waals surface area contributed by atoms with Crippen LogP contribution in [0.1, 0.15) is 102 Å². The van der Waals surface area contributed by atoms with Crippen molar-refractivity contribution in [1.82, 2.24) is 5.06 Å². The molecule has 1 amide bonds. The number of carbonyl (C=O) groups excluding carboxylic acids is 3. The number of hydroxylamine groups is 2. The van der Waals surface area contributed by atoms with E-state index in [1.807, 2.05) is 135 Å². The topological polar surface area (TPSA) is 108 Å². The van der Waals surface area contributed by atoms with Crippen LogP contribution in [-0.4, -0.2) is 57.7 Å². The monoisotopic (exact) mass is 826 g/mol. The number of carbonyl (C=O) groups is 3. The van der Waals surface area contributed by atoms with E-state index in [2.05, 4.69) is 6.92 Å². The van der Waals surface area contributed by atoms with Crippen LogP contribution in [0.5, 0.6) is 0 Å². The molecule has 4 rings (SSSR count). The number of aryl methyl sites for hydroxylation is 1. The Kier molecular flexibility index (Phi) is 16.7. The highest BCUT2D eigenvalue weighted by atomic mass is 32.2. The Labute approximate surface area is 356 Å². The largest absolute Gasteiger partial charge is 0.467 e. The number of benzene rings is 4. The molecule has 4 aromatic rings. The number of amides is 1. The number of nitrogens with zero attached hydrogens (tertiary/aromatic N) is 1. The average molecular weight is 827 g/mol. The van der Waals surface area contributed by atoms with Crippen molar-refractivity contribution in [3.8, 4) is 0 Å². The molecule has 0 heterocycles. The van der Waals surface area contributed by atoms with Gasteiger partial charge in [-0.2, -0.15) is 17.7 Å². The fraction of sp³-hybridized carbons (Fsp3) is 0.438. The molecule has 58 heavy (non-hydrogen) atoms. The lowest BCUT2D eigenvalue weighted by Gasteiger charge is -2.64. The van der Waals surface area contributed by atoms with Gasteiger partial charge in [0.15, 0.2) is 0 Å². The molecular formula is C48H62N2O6S2. The SMILES string of the molecule is CCCCCON(C(=O)CCc1ccccc1)[C@](C(=O)OC)(C(=O)OC(C)(C)C)[C@@](C)(C(N)(CCC)SCS)C(c1ccccc1)(c1ccccc1)c1ccccc1. The average Bonchev–Trinajstić information content (AvgIpc) is 3.22. The molecule has 10 heteroatoms. The molecule has 0 radical (unpaired) electrons. The third-order valence-corrected chi connectivity index (χ3v) is 12.7. The quantitative estimate of drug-likeness (QED) is 0.0163. The van der Waals surface area contributed by atoms with E-state index in [1.165, 1.54) is 18.9 Å². The maximum Gasteiger partial charge on any atom is 0.347 e. The fourth-order valence-corrected chi connectivity index (χ4v) is 10.4. The van der Waals surface area contributed by atoms with Crippen LogP contribution in [-0.2, 0) is 40.5 Å². The van der Waals surface area contributed by atoms with E-state index in [0.717, 1.165) is 40.2 Å². The van der Waals surface area contributed by atoms with Crippen LogP contribution in [0.2, 0.25) is 0 Å². The summed E-state index contributed by atoms with van der Waals surface area (Å²) in [6.07, 6.45) is 3.25. The molecule has 0 fully saturated rings. The summed E-state index contributed by atoms with van der Waals surface area (Å²) in [5.41, 5.74) is 3.89. The van der Waals surface area contributed by atoms with E-state index in [0.29, 0.717) is 19.3 Å². The van der Waals surface area contributed by atoms with Gasteiger partial charge in [0.1, 0.15) is 5.60 Å².